The first-order chi connectivity index (χ1) is 18.2. The predicted molar refractivity (Wildman–Crippen MR) is 161 cm³/mol. The van der Waals surface area contributed by atoms with E-state index < -0.39 is 0 Å². The van der Waals surface area contributed by atoms with Gasteiger partial charge in [0, 0.05) is 12.8 Å². The van der Waals surface area contributed by atoms with Crippen LogP contribution in [0.4, 0.5) is 0 Å². The van der Waals surface area contributed by atoms with Crippen LogP contribution in [-0.4, -0.2) is 12.1 Å². The second kappa shape index (κ2) is 13.2. The van der Waals surface area contributed by atoms with Gasteiger partial charge in [0.15, 0.2) is 0 Å². The minimum atomic E-state index is 0.0522. The number of hydrogen-bond acceptors (Lipinski definition) is 2. The minimum absolute atomic E-state index is 0.0522. The quantitative estimate of drug-likeness (QED) is 0.135. The average Bonchev–Trinajstić information content (AvgIpc) is 3.23. The maximum atomic E-state index is 12.6. The minimum Gasteiger partial charge on any atom is -0.462 e. The van der Waals surface area contributed by atoms with Gasteiger partial charge in [-0.25, -0.2) is 0 Å². The summed E-state index contributed by atoms with van der Waals surface area (Å²) < 4.78 is 6.04. The maximum absolute atomic E-state index is 12.6. The third-order valence-electron chi connectivity index (χ3n) is 12.3. The van der Waals surface area contributed by atoms with E-state index in [1.807, 2.05) is 0 Å². The Morgan fingerprint density at radius 2 is 1.68 bits per heavy atom. The van der Waals surface area contributed by atoms with Crippen LogP contribution in [0.25, 0.3) is 0 Å². The lowest BCUT2D eigenvalue weighted by Crippen LogP contribution is -2.51. The summed E-state index contributed by atoms with van der Waals surface area (Å²) in [5, 5.41) is 0. The first-order valence-corrected chi connectivity index (χ1v) is 17.1. The monoisotopic (exact) mass is 526 g/mol. The van der Waals surface area contributed by atoms with Crippen LogP contribution >= 0.6 is 0 Å². The molecule has 2 nitrogen and oxygen atoms in total. The van der Waals surface area contributed by atoms with Crippen LogP contribution in [0.5, 0.6) is 0 Å². The topological polar surface area (TPSA) is 26.3 Å². The molecule has 0 N–H and O–H groups in total. The molecule has 218 valence electrons. The van der Waals surface area contributed by atoms with E-state index in [1.165, 1.54) is 89.9 Å². The summed E-state index contributed by atoms with van der Waals surface area (Å²) in [6.45, 7) is 14.9. The van der Waals surface area contributed by atoms with E-state index in [0.29, 0.717) is 17.3 Å². The van der Waals surface area contributed by atoms with Crippen molar-refractivity contribution in [3.05, 3.63) is 11.6 Å². The van der Waals surface area contributed by atoms with Gasteiger partial charge in [0.1, 0.15) is 6.10 Å². The number of hydrogen-bond donors (Lipinski definition) is 0. The van der Waals surface area contributed by atoms with Gasteiger partial charge in [-0.2, -0.15) is 0 Å². The number of fused-ring (bicyclic) bond motifs is 5. The van der Waals surface area contributed by atoms with Gasteiger partial charge in [-0.1, -0.05) is 105 Å². The van der Waals surface area contributed by atoms with Crippen molar-refractivity contribution in [1.29, 1.82) is 0 Å². The van der Waals surface area contributed by atoms with Crippen LogP contribution < -0.4 is 0 Å². The Labute approximate surface area is 236 Å². The highest BCUT2D eigenvalue weighted by Crippen LogP contribution is 2.67. The fourth-order valence-electron chi connectivity index (χ4n) is 10.0. The summed E-state index contributed by atoms with van der Waals surface area (Å²) >= 11 is 0. The molecule has 2 heteroatoms. The van der Waals surface area contributed by atoms with Crippen LogP contribution in [0, 0.1) is 46.3 Å². The molecule has 0 aromatic carbocycles. The highest BCUT2D eigenvalue weighted by molar-refractivity contribution is 5.69. The molecule has 0 spiro atoms. The number of carbonyl (C=O) groups is 1. The van der Waals surface area contributed by atoms with Crippen LogP contribution in [-0.2, 0) is 9.53 Å². The lowest BCUT2D eigenvalue weighted by atomic mass is 9.47. The number of ether oxygens (including phenoxy) is 1. The van der Waals surface area contributed by atoms with Crippen molar-refractivity contribution in [2.24, 2.45) is 46.3 Å². The van der Waals surface area contributed by atoms with E-state index in [9.17, 15) is 4.79 Å². The lowest BCUT2D eigenvalue weighted by Gasteiger charge is -2.58. The zero-order chi connectivity index (χ0) is 27.3. The number of unbranched alkanes of at least 4 members (excludes halogenated alkanes) is 5. The molecule has 0 heterocycles. The third kappa shape index (κ3) is 6.57. The molecule has 8 atom stereocenters. The van der Waals surface area contributed by atoms with E-state index in [0.717, 1.165) is 54.8 Å². The van der Waals surface area contributed by atoms with Gasteiger partial charge in [0.2, 0.25) is 0 Å². The van der Waals surface area contributed by atoms with Crippen molar-refractivity contribution < 1.29 is 9.53 Å². The zero-order valence-corrected chi connectivity index (χ0v) is 26.2. The molecule has 0 aliphatic heterocycles. The Morgan fingerprint density at radius 3 is 2.45 bits per heavy atom. The second-order valence-corrected chi connectivity index (χ2v) is 15.2. The Balaban J connectivity index is 1.31. The van der Waals surface area contributed by atoms with Crippen LogP contribution in [0.2, 0.25) is 0 Å². The standard InChI is InChI=1S/C36H62O2/c1-7-8-9-10-11-12-16-34(37)38-29-21-23-35(5)28(25-29)17-18-30-32-20-19-31(27(4)15-13-14-26(2)3)36(32,6)24-22-33(30)35/h17,26-27,29-33H,7-16,18-25H2,1-6H3/t27-,29-,30+,31-,32+,33+,35+,36-/m1/s1. The largest absolute Gasteiger partial charge is 0.462 e. The highest BCUT2D eigenvalue weighted by Gasteiger charge is 2.59. The first kappa shape index (κ1) is 30.2. The normalized spacial score (nSPS) is 37.2. The van der Waals surface area contributed by atoms with Gasteiger partial charge in [0.25, 0.3) is 0 Å². The molecule has 0 unspecified atom stereocenters. The van der Waals surface area contributed by atoms with Crippen molar-refractivity contribution in [2.75, 3.05) is 0 Å². The molecule has 3 fully saturated rings. The van der Waals surface area contributed by atoms with Crippen LogP contribution in [0.3, 0.4) is 0 Å². The fraction of sp³-hybridized carbons (Fsp3) is 0.917. The molecule has 0 amide bonds. The first-order valence-electron chi connectivity index (χ1n) is 17.1. The molecule has 0 aromatic rings. The van der Waals surface area contributed by atoms with E-state index in [1.54, 1.807) is 5.57 Å². The summed E-state index contributed by atoms with van der Waals surface area (Å²) in [5.41, 5.74) is 2.54. The molecule has 4 rings (SSSR count). The molecule has 3 saturated carbocycles. The summed E-state index contributed by atoms with van der Waals surface area (Å²) in [4.78, 5) is 12.6. The molecule has 0 saturated heterocycles. The summed E-state index contributed by atoms with van der Waals surface area (Å²) in [7, 11) is 0. The molecule has 38 heavy (non-hydrogen) atoms. The van der Waals surface area contributed by atoms with E-state index in [4.69, 9.17) is 4.74 Å². The van der Waals surface area contributed by atoms with E-state index in [2.05, 4.69) is 47.6 Å². The Hall–Kier alpha value is -0.790. The Morgan fingerprint density at radius 1 is 0.921 bits per heavy atom. The summed E-state index contributed by atoms with van der Waals surface area (Å²) in [5.74, 6) is 5.34. The van der Waals surface area contributed by atoms with Gasteiger partial charge in [-0.3, -0.25) is 4.79 Å². The van der Waals surface area contributed by atoms with E-state index >= 15 is 0 Å². The average molecular weight is 527 g/mol. The van der Waals surface area contributed by atoms with Crippen molar-refractivity contribution in [3.8, 4) is 0 Å². The molecule has 4 aliphatic rings. The van der Waals surface area contributed by atoms with Crippen molar-refractivity contribution >= 4 is 5.97 Å². The van der Waals surface area contributed by atoms with Gasteiger partial charge in [0.05, 0.1) is 0 Å². The summed E-state index contributed by atoms with van der Waals surface area (Å²) in [6.07, 6.45) is 25.3. The van der Waals surface area contributed by atoms with Gasteiger partial charge in [-0.05, 0) is 97.7 Å². The number of rotatable bonds is 13. The maximum Gasteiger partial charge on any atom is 0.306 e. The third-order valence-corrected chi connectivity index (χ3v) is 12.3. The van der Waals surface area contributed by atoms with Crippen LogP contribution in [0.15, 0.2) is 11.6 Å². The predicted octanol–water partition coefficient (Wildman–Crippen LogP) is 10.7. The van der Waals surface area contributed by atoms with Gasteiger partial charge >= 0.3 is 5.97 Å². The number of esters is 1. The molecular formula is C36H62O2. The fourth-order valence-corrected chi connectivity index (χ4v) is 10.0. The lowest BCUT2D eigenvalue weighted by molar-refractivity contribution is -0.151. The SMILES string of the molecule is CCCCCCCCC(=O)O[C@@H]1CC[C@@]2(C)C(=CC[C@H]3[C@@H]4CC[C@H]([C@H](C)CCCC(C)C)[C@@]4(C)CC[C@@H]32)C1. The van der Waals surface area contributed by atoms with E-state index in [-0.39, 0.29) is 12.1 Å². The number of carbonyl (C=O) groups excluding carboxylic acids is 1. The van der Waals surface area contributed by atoms with Crippen LogP contribution in [0.1, 0.15) is 157 Å². The van der Waals surface area contributed by atoms with Gasteiger partial charge < -0.3 is 4.74 Å². The molecular weight excluding hydrogens is 464 g/mol. The van der Waals surface area contributed by atoms with Crippen molar-refractivity contribution in [3.63, 3.8) is 0 Å². The van der Waals surface area contributed by atoms with Crippen molar-refractivity contribution in [1.82, 2.24) is 0 Å². The second-order valence-electron chi connectivity index (χ2n) is 15.2. The molecule has 0 aromatic heterocycles. The Bertz CT molecular complexity index is 797. The van der Waals surface area contributed by atoms with Crippen molar-refractivity contribution in [2.45, 2.75) is 163 Å². The molecule has 4 aliphatic carbocycles. The molecule has 0 bridgehead atoms. The van der Waals surface area contributed by atoms with Gasteiger partial charge in [-0.15, -0.1) is 0 Å². The Kier molecular flexibility index (Phi) is 10.5. The molecule has 0 radical (unpaired) electrons. The highest BCUT2D eigenvalue weighted by atomic mass is 16.5. The smallest absolute Gasteiger partial charge is 0.306 e. The zero-order valence-electron chi connectivity index (χ0n) is 26.2. The summed E-state index contributed by atoms with van der Waals surface area (Å²) in [6, 6.07) is 0. The number of allylic oxidation sites excluding steroid dienone is 1.